The Labute approximate surface area is 183 Å². The lowest BCUT2D eigenvalue weighted by molar-refractivity contribution is -0.126. The zero-order valence-corrected chi connectivity index (χ0v) is 18.7. The van der Waals surface area contributed by atoms with Gasteiger partial charge in [-0.25, -0.2) is 17.1 Å². The van der Waals surface area contributed by atoms with Crippen LogP contribution in [-0.4, -0.2) is 38.8 Å². The molecule has 1 fully saturated rings. The van der Waals surface area contributed by atoms with E-state index in [0.717, 1.165) is 17.7 Å². The molecule has 0 bridgehead atoms. The third kappa shape index (κ3) is 5.83. The summed E-state index contributed by atoms with van der Waals surface area (Å²) in [6.45, 7) is 2.52. The highest BCUT2D eigenvalue weighted by Gasteiger charge is 2.32. The van der Waals surface area contributed by atoms with Crippen molar-refractivity contribution in [2.24, 2.45) is 5.92 Å². The fraction of sp³-hybridized carbons (Fsp3) is 0.435. The van der Waals surface area contributed by atoms with Gasteiger partial charge < -0.3 is 10.1 Å². The summed E-state index contributed by atoms with van der Waals surface area (Å²) in [7, 11) is -2.03. The number of halogens is 1. The minimum Gasteiger partial charge on any atom is -0.497 e. The largest absolute Gasteiger partial charge is 0.497 e. The van der Waals surface area contributed by atoms with E-state index in [9.17, 15) is 17.6 Å². The summed E-state index contributed by atoms with van der Waals surface area (Å²) in [5.41, 5.74) is 1.16. The monoisotopic (exact) mass is 448 g/mol. The van der Waals surface area contributed by atoms with Crippen LogP contribution in [0.15, 0.2) is 48.5 Å². The lowest BCUT2D eigenvalue weighted by Crippen LogP contribution is -2.44. The van der Waals surface area contributed by atoms with Gasteiger partial charge >= 0.3 is 0 Å². The van der Waals surface area contributed by atoms with Crippen molar-refractivity contribution < 1.29 is 22.3 Å². The molecule has 0 aliphatic carbocycles. The fourth-order valence-corrected chi connectivity index (χ4v) is 5.42. The number of sulfonamides is 1. The summed E-state index contributed by atoms with van der Waals surface area (Å²) in [4.78, 5) is 12.8. The van der Waals surface area contributed by atoms with Gasteiger partial charge in [-0.3, -0.25) is 4.79 Å². The lowest BCUT2D eigenvalue weighted by atomic mass is 9.95. The Bertz CT molecular complexity index is 987. The quantitative estimate of drug-likeness (QED) is 0.669. The van der Waals surface area contributed by atoms with E-state index in [2.05, 4.69) is 5.32 Å². The van der Waals surface area contributed by atoms with Crippen molar-refractivity contribution in [3.63, 3.8) is 0 Å². The van der Waals surface area contributed by atoms with Gasteiger partial charge in [0, 0.05) is 24.6 Å². The second kappa shape index (κ2) is 10.2. The minimum atomic E-state index is -3.64. The molecule has 1 aliphatic rings. The van der Waals surface area contributed by atoms with E-state index in [4.69, 9.17) is 4.74 Å². The van der Waals surface area contributed by atoms with Crippen LogP contribution in [0.3, 0.4) is 0 Å². The van der Waals surface area contributed by atoms with Crippen LogP contribution in [0.4, 0.5) is 4.39 Å². The molecular weight excluding hydrogens is 419 g/mol. The molecule has 1 N–H and O–H groups in total. The summed E-state index contributed by atoms with van der Waals surface area (Å²) in [6.07, 6.45) is 1.64. The second-order valence-corrected chi connectivity index (χ2v) is 9.73. The summed E-state index contributed by atoms with van der Waals surface area (Å²) in [6, 6.07) is 13.4. The Morgan fingerprint density at radius 3 is 2.39 bits per heavy atom. The SMILES string of the molecule is CCC(NC(=O)C1CCN(S(=O)(=O)Cc2ccccc2F)CC1)c1ccc(OC)cc1. The van der Waals surface area contributed by atoms with Crippen LogP contribution >= 0.6 is 0 Å². The van der Waals surface area contributed by atoms with Gasteiger partial charge in [-0.1, -0.05) is 37.3 Å². The minimum absolute atomic E-state index is 0.0613. The van der Waals surface area contributed by atoms with Crippen LogP contribution in [0.25, 0.3) is 0 Å². The van der Waals surface area contributed by atoms with Crippen molar-refractivity contribution in [3.8, 4) is 5.75 Å². The predicted octanol–water partition coefficient (Wildman–Crippen LogP) is 3.64. The number of carbonyl (C=O) groups excluding carboxylic acids is 1. The average Bonchev–Trinajstić information content (AvgIpc) is 2.79. The zero-order chi connectivity index (χ0) is 22.4. The topological polar surface area (TPSA) is 75.7 Å². The molecule has 0 radical (unpaired) electrons. The number of nitrogens with one attached hydrogen (secondary N) is 1. The number of hydrogen-bond acceptors (Lipinski definition) is 4. The number of ether oxygens (including phenoxy) is 1. The first-order valence-electron chi connectivity index (χ1n) is 10.5. The van der Waals surface area contributed by atoms with E-state index in [1.54, 1.807) is 13.2 Å². The number of piperidine rings is 1. The maximum absolute atomic E-state index is 13.8. The Hall–Kier alpha value is -2.45. The van der Waals surface area contributed by atoms with Gasteiger partial charge in [0.2, 0.25) is 15.9 Å². The van der Waals surface area contributed by atoms with Gasteiger partial charge in [-0.05, 0) is 43.0 Å². The highest BCUT2D eigenvalue weighted by molar-refractivity contribution is 7.88. The van der Waals surface area contributed by atoms with Crippen LogP contribution < -0.4 is 10.1 Å². The number of nitrogens with zero attached hydrogens (tertiary/aromatic N) is 1. The summed E-state index contributed by atoms with van der Waals surface area (Å²) in [5.74, 6) is -0.439. The van der Waals surface area contributed by atoms with Gasteiger partial charge in [0.1, 0.15) is 11.6 Å². The molecule has 1 heterocycles. The smallest absolute Gasteiger partial charge is 0.223 e. The average molecular weight is 449 g/mol. The molecule has 0 saturated carbocycles. The highest BCUT2D eigenvalue weighted by atomic mass is 32.2. The van der Waals surface area contributed by atoms with Gasteiger partial charge in [0.25, 0.3) is 0 Å². The Balaban J connectivity index is 1.56. The summed E-state index contributed by atoms with van der Waals surface area (Å²) in [5, 5.41) is 3.09. The molecular formula is C23H29FN2O4S. The van der Waals surface area contributed by atoms with E-state index in [0.29, 0.717) is 12.8 Å². The summed E-state index contributed by atoms with van der Waals surface area (Å²) >= 11 is 0. The molecule has 31 heavy (non-hydrogen) atoms. The second-order valence-electron chi connectivity index (χ2n) is 7.76. The van der Waals surface area contributed by atoms with Crippen molar-refractivity contribution in [2.75, 3.05) is 20.2 Å². The van der Waals surface area contributed by atoms with E-state index >= 15 is 0 Å². The normalized spacial score (nSPS) is 16.6. The van der Waals surface area contributed by atoms with E-state index in [-0.39, 0.29) is 42.3 Å². The lowest BCUT2D eigenvalue weighted by Gasteiger charge is -2.31. The van der Waals surface area contributed by atoms with Crippen molar-refractivity contribution in [2.45, 2.75) is 38.0 Å². The van der Waals surface area contributed by atoms with E-state index in [1.165, 1.54) is 22.5 Å². The van der Waals surface area contributed by atoms with Crippen molar-refractivity contribution in [1.29, 1.82) is 0 Å². The maximum atomic E-state index is 13.8. The van der Waals surface area contributed by atoms with Crippen LogP contribution in [0, 0.1) is 11.7 Å². The fourth-order valence-electron chi connectivity index (χ4n) is 3.85. The van der Waals surface area contributed by atoms with Crippen LogP contribution in [0.1, 0.15) is 43.4 Å². The zero-order valence-electron chi connectivity index (χ0n) is 17.9. The first kappa shape index (κ1) is 23.2. The third-order valence-electron chi connectivity index (χ3n) is 5.76. The van der Waals surface area contributed by atoms with Crippen LogP contribution in [0.2, 0.25) is 0 Å². The molecule has 6 nitrogen and oxygen atoms in total. The van der Waals surface area contributed by atoms with Gasteiger partial charge in [-0.15, -0.1) is 0 Å². The molecule has 8 heteroatoms. The van der Waals surface area contributed by atoms with Crippen LogP contribution in [-0.2, 0) is 20.6 Å². The number of methoxy groups -OCH3 is 1. The predicted molar refractivity (Wildman–Crippen MR) is 117 cm³/mol. The van der Waals surface area contributed by atoms with Gasteiger partial charge in [0.05, 0.1) is 18.9 Å². The van der Waals surface area contributed by atoms with Gasteiger partial charge in [-0.2, -0.15) is 0 Å². The number of hydrogen-bond donors (Lipinski definition) is 1. The molecule has 0 spiro atoms. The molecule has 3 rings (SSSR count). The first-order chi connectivity index (χ1) is 14.8. The number of rotatable bonds is 8. The summed E-state index contributed by atoms with van der Waals surface area (Å²) < 4.78 is 45.8. The molecule has 1 unspecified atom stereocenters. The molecule has 168 valence electrons. The maximum Gasteiger partial charge on any atom is 0.223 e. The number of carbonyl (C=O) groups is 1. The highest BCUT2D eigenvalue weighted by Crippen LogP contribution is 2.25. The number of benzene rings is 2. The molecule has 1 amide bonds. The molecule has 1 aliphatic heterocycles. The molecule has 1 atom stereocenters. The Morgan fingerprint density at radius 2 is 1.81 bits per heavy atom. The Kier molecular flexibility index (Phi) is 7.67. The first-order valence-corrected chi connectivity index (χ1v) is 12.1. The number of amides is 1. The molecule has 2 aromatic carbocycles. The molecule has 2 aromatic rings. The standard InChI is InChI=1S/C23H29FN2O4S/c1-3-22(17-8-10-20(30-2)11-9-17)25-23(27)18-12-14-26(15-13-18)31(28,29)16-19-6-4-5-7-21(19)24/h4-11,18,22H,3,12-16H2,1-2H3,(H,25,27). The molecule has 1 saturated heterocycles. The van der Waals surface area contributed by atoms with E-state index < -0.39 is 15.8 Å². The van der Waals surface area contributed by atoms with Crippen molar-refractivity contribution in [3.05, 3.63) is 65.5 Å². The Morgan fingerprint density at radius 1 is 1.16 bits per heavy atom. The third-order valence-corrected chi connectivity index (χ3v) is 7.58. The van der Waals surface area contributed by atoms with Crippen molar-refractivity contribution in [1.82, 2.24) is 9.62 Å². The van der Waals surface area contributed by atoms with Crippen molar-refractivity contribution >= 4 is 15.9 Å². The van der Waals surface area contributed by atoms with Gasteiger partial charge in [0.15, 0.2) is 0 Å². The molecule has 0 aromatic heterocycles. The van der Waals surface area contributed by atoms with E-state index in [1.807, 2.05) is 31.2 Å². The van der Waals surface area contributed by atoms with Crippen LogP contribution in [0.5, 0.6) is 5.75 Å².